The van der Waals surface area contributed by atoms with E-state index in [0.717, 1.165) is 43.6 Å². The lowest BCUT2D eigenvalue weighted by molar-refractivity contribution is -0.131. The molecule has 0 radical (unpaired) electrons. The monoisotopic (exact) mass is 318 g/mol. The van der Waals surface area contributed by atoms with Crippen molar-refractivity contribution in [2.24, 2.45) is 0 Å². The maximum atomic E-state index is 12.4. The van der Waals surface area contributed by atoms with Crippen LogP contribution in [0.4, 0.5) is 5.69 Å². The number of anilines is 1. The quantitative estimate of drug-likeness (QED) is 0.697. The fraction of sp³-hybridized carbons (Fsp3) is 0.579. The summed E-state index contributed by atoms with van der Waals surface area (Å²) < 4.78 is 0. The second-order valence-corrected chi connectivity index (χ2v) is 5.78. The Morgan fingerprint density at radius 2 is 1.57 bits per heavy atom. The lowest BCUT2D eigenvalue weighted by Crippen LogP contribution is -2.37. The molecule has 4 heteroatoms. The highest BCUT2D eigenvalue weighted by Crippen LogP contribution is 2.21. The van der Waals surface area contributed by atoms with Gasteiger partial charge in [-0.3, -0.25) is 9.59 Å². The van der Waals surface area contributed by atoms with Crippen LogP contribution in [-0.4, -0.2) is 36.3 Å². The number of benzene rings is 1. The summed E-state index contributed by atoms with van der Waals surface area (Å²) in [6, 6.07) is 7.91. The number of carbonyl (C=O) groups is 2. The molecule has 23 heavy (non-hydrogen) atoms. The van der Waals surface area contributed by atoms with Gasteiger partial charge >= 0.3 is 0 Å². The van der Waals surface area contributed by atoms with Crippen LogP contribution in [0.25, 0.3) is 0 Å². The van der Waals surface area contributed by atoms with Gasteiger partial charge in [-0.1, -0.05) is 39.0 Å². The first-order valence-electron chi connectivity index (χ1n) is 8.68. The lowest BCUT2D eigenvalue weighted by Gasteiger charge is -2.26. The van der Waals surface area contributed by atoms with E-state index in [-0.39, 0.29) is 11.8 Å². The number of para-hydroxylation sites is 1. The zero-order valence-corrected chi connectivity index (χ0v) is 15.0. The van der Waals surface area contributed by atoms with Crippen LogP contribution < -0.4 is 4.90 Å². The van der Waals surface area contributed by atoms with Crippen LogP contribution in [-0.2, 0) is 16.0 Å². The summed E-state index contributed by atoms with van der Waals surface area (Å²) in [5.74, 6) is 0.116. The summed E-state index contributed by atoms with van der Waals surface area (Å²) in [6.45, 7) is 9.82. The van der Waals surface area contributed by atoms with E-state index >= 15 is 0 Å². The Hall–Kier alpha value is -1.84. The Morgan fingerprint density at radius 1 is 0.957 bits per heavy atom. The van der Waals surface area contributed by atoms with Gasteiger partial charge in [0.1, 0.15) is 0 Å². The van der Waals surface area contributed by atoms with Crippen LogP contribution in [0.2, 0.25) is 0 Å². The number of amides is 2. The Kier molecular flexibility index (Phi) is 8.38. The summed E-state index contributed by atoms with van der Waals surface area (Å²) in [5, 5.41) is 0. The molecule has 0 saturated heterocycles. The van der Waals surface area contributed by atoms with E-state index in [1.807, 2.05) is 29.2 Å². The second-order valence-electron chi connectivity index (χ2n) is 5.78. The van der Waals surface area contributed by atoms with Gasteiger partial charge in [0.15, 0.2) is 0 Å². The van der Waals surface area contributed by atoms with Crippen molar-refractivity contribution in [2.75, 3.05) is 24.5 Å². The summed E-state index contributed by atoms with van der Waals surface area (Å²) in [4.78, 5) is 28.1. The van der Waals surface area contributed by atoms with Crippen molar-refractivity contribution in [3.05, 3.63) is 29.8 Å². The number of hydrogen-bond donors (Lipinski definition) is 0. The molecule has 128 valence electrons. The molecule has 0 unspecified atom stereocenters. The van der Waals surface area contributed by atoms with Crippen LogP contribution >= 0.6 is 0 Å². The van der Waals surface area contributed by atoms with Gasteiger partial charge in [-0.2, -0.15) is 0 Å². The smallest absolute Gasteiger partial charge is 0.224 e. The average Bonchev–Trinajstić information content (AvgIpc) is 2.54. The molecule has 0 spiro atoms. The number of hydrogen-bond acceptors (Lipinski definition) is 2. The summed E-state index contributed by atoms with van der Waals surface area (Å²) in [6.07, 6.45) is 3.16. The summed E-state index contributed by atoms with van der Waals surface area (Å²) in [7, 11) is 0. The van der Waals surface area contributed by atoms with Crippen molar-refractivity contribution < 1.29 is 9.59 Å². The van der Waals surface area contributed by atoms with E-state index in [1.165, 1.54) is 0 Å². The third-order valence-electron chi connectivity index (χ3n) is 3.93. The van der Waals surface area contributed by atoms with Crippen LogP contribution in [0.15, 0.2) is 24.3 Å². The van der Waals surface area contributed by atoms with Crippen LogP contribution in [0.5, 0.6) is 0 Å². The van der Waals surface area contributed by atoms with Crippen molar-refractivity contribution in [3.63, 3.8) is 0 Å². The topological polar surface area (TPSA) is 40.6 Å². The van der Waals surface area contributed by atoms with E-state index in [2.05, 4.69) is 20.8 Å². The maximum absolute atomic E-state index is 12.4. The van der Waals surface area contributed by atoms with E-state index in [4.69, 9.17) is 0 Å². The average molecular weight is 318 g/mol. The fourth-order valence-electron chi connectivity index (χ4n) is 2.79. The van der Waals surface area contributed by atoms with Crippen molar-refractivity contribution in [3.8, 4) is 0 Å². The third-order valence-corrected chi connectivity index (χ3v) is 3.93. The van der Waals surface area contributed by atoms with Crippen LogP contribution in [0.3, 0.4) is 0 Å². The second kappa shape index (κ2) is 10.0. The number of carbonyl (C=O) groups excluding carboxylic acids is 2. The predicted molar refractivity (Wildman–Crippen MR) is 95.6 cm³/mol. The molecule has 0 aromatic heterocycles. The zero-order chi connectivity index (χ0) is 17.2. The molecule has 0 atom stereocenters. The minimum absolute atomic E-state index is 0.0174. The van der Waals surface area contributed by atoms with E-state index in [1.54, 1.807) is 11.8 Å². The van der Waals surface area contributed by atoms with Crippen molar-refractivity contribution in [1.82, 2.24) is 4.90 Å². The first kappa shape index (κ1) is 19.2. The van der Waals surface area contributed by atoms with E-state index < -0.39 is 0 Å². The molecule has 1 aromatic carbocycles. The molecule has 0 bridgehead atoms. The Bertz CT molecular complexity index is 508. The van der Waals surface area contributed by atoms with Gasteiger partial charge in [-0.25, -0.2) is 0 Å². The molecule has 0 heterocycles. The Labute approximate surface area is 140 Å². The first-order chi connectivity index (χ1) is 11.0. The number of nitrogens with zero attached hydrogens (tertiary/aromatic N) is 2. The predicted octanol–water partition coefficient (Wildman–Crippen LogP) is 3.64. The molecular weight excluding hydrogens is 288 g/mol. The van der Waals surface area contributed by atoms with Gasteiger partial charge < -0.3 is 9.80 Å². The molecule has 0 aliphatic rings. The number of aryl methyl sites for hydroxylation is 1. The minimum Gasteiger partial charge on any atom is -0.343 e. The van der Waals surface area contributed by atoms with Crippen LogP contribution in [0, 0.1) is 0 Å². The molecule has 1 aromatic rings. The molecule has 0 aliphatic heterocycles. The molecule has 0 aliphatic carbocycles. The third kappa shape index (κ3) is 5.70. The number of rotatable bonds is 9. The minimum atomic E-state index is -0.0174. The van der Waals surface area contributed by atoms with Crippen molar-refractivity contribution in [1.29, 1.82) is 0 Å². The lowest BCUT2D eigenvalue weighted by atomic mass is 10.1. The Balaban J connectivity index is 2.81. The Morgan fingerprint density at radius 3 is 2.09 bits per heavy atom. The molecule has 0 N–H and O–H groups in total. The summed E-state index contributed by atoms with van der Waals surface area (Å²) in [5.41, 5.74) is 2.06. The molecule has 1 rings (SSSR count). The van der Waals surface area contributed by atoms with Crippen molar-refractivity contribution >= 4 is 17.5 Å². The highest BCUT2D eigenvalue weighted by Gasteiger charge is 2.18. The zero-order valence-electron chi connectivity index (χ0n) is 15.0. The SMILES string of the molecule is CCCN(CCC)C(=O)CCN(C(C)=O)c1ccccc1CC. The maximum Gasteiger partial charge on any atom is 0.224 e. The standard InChI is InChI=1S/C19H30N2O2/c1-5-13-20(14-6-2)19(23)12-15-21(16(4)22)18-11-9-8-10-17(18)7-3/h8-11H,5-7,12-15H2,1-4H3. The largest absolute Gasteiger partial charge is 0.343 e. The van der Waals surface area contributed by atoms with Gasteiger partial charge in [-0.05, 0) is 30.9 Å². The highest BCUT2D eigenvalue weighted by molar-refractivity contribution is 5.93. The van der Waals surface area contributed by atoms with Crippen molar-refractivity contribution in [2.45, 2.75) is 53.4 Å². The van der Waals surface area contributed by atoms with Crippen LogP contribution in [0.1, 0.15) is 52.5 Å². The first-order valence-corrected chi connectivity index (χ1v) is 8.68. The van der Waals surface area contributed by atoms with Gasteiger partial charge in [0.2, 0.25) is 11.8 Å². The highest BCUT2D eigenvalue weighted by atomic mass is 16.2. The summed E-state index contributed by atoms with van der Waals surface area (Å²) >= 11 is 0. The van der Waals surface area contributed by atoms with Gasteiger partial charge in [0.05, 0.1) is 0 Å². The molecule has 0 saturated carbocycles. The van der Waals surface area contributed by atoms with E-state index in [0.29, 0.717) is 13.0 Å². The van der Waals surface area contributed by atoms with Gasteiger partial charge in [0, 0.05) is 38.7 Å². The fourth-order valence-corrected chi connectivity index (χ4v) is 2.79. The van der Waals surface area contributed by atoms with Gasteiger partial charge in [0.25, 0.3) is 0 Å². The van der Waals surface area contributed by atoms with E-state index in [9.17, 15) is 9.59 Å². The molecule has 4 nitrogen and oxygen atoms in total. The molecule has 2 amide bonds. The van der Waals surface area contributed by atoms with Gasteiger partial charge in [-0.15, -0.1) is 0 Å². The molecular formula is C19H30N2O2. The molecule has 0 fully saturated rings. The normalized spacial score (nSPS) is 10.4.